The average Bonchev–Trinajstić information content (AvgIpc) is 2.27. The van der Waals surface area contributed by atoms with Crippen molar-refractivity contribution in [2.24, 2.45) is 0 Å². The summed E-state index contributed by atoms with van der Waals surface area (Å²) in [5.41, 5.74) is -1.30. The van der Waals surface area contributed by atoms with Gasteiger partial charge in [0.25, 0.3) is 11.4 Å². The van der Waals surface area contributed by atoms with Crippen LogP contribution in [0, 0.1) is 20.2 Å². The first kappa shape index (κ1) is 11.6. The highest BCUT2D eigenvalue weighted by molar-refractivity contribution is 5.91. The molecule has 0 unspecified atom stereocenters. The molecule has 0 bridgehead atoms. The largest absolute Gasteiger partial charge is 0.465 e. The lowest BCUT2D eigenvalue weighted by atomic mass is 10.2. The number of ether oxygens (including phenoxy) is 1. The summed E-state index contributed by atoms with van der Waals surface area (Å²) in [4.78, 5) is 30.4. The number of nitro benzene ring substituents is 2. The molecule has 0 fully saturated rings. The Morgan fingerprint density at radius 2 is 1.56 bits per heavy atom. The van der Waals surface area contributed by atoms with Crippen LogP contribution < -0.4 is 0 Å². The molecule has 16 heavy (non-hydrogen) atoms. The third kappa shape index (κ3) is 2.29. The second kappa shape index (κ2) is 4.34. The molecule has 1 aromatic rings. The molecule has 0 amide bonds. The van der Waals surface area contributed by atoms with Gasteiger partial charge in [0.2, 0.25) is 0 Å². The van der Waals surface area contributed by atoms with Crippen molar-refractivity contribution in [1.82, 2.24) is 0 Å². The zero-order chi connectivity index (χ0) is 12.3. The SMILES string of the molecule is COC(=O)c1cc([N+](=O)[O-])cc([N+](=O)[O-])c1. The van der Waals surface area contributed by atoms with Crippen LogP contribution in [0.25, 0.3) is 0 Å². The molecule has 0 aliphatic heterocycles. The molecule has 0 atom stereocenters. The predicted molar refractivity (Wildman–Crippen MR) is 51.1 cm³/mol. The number of methoxy groups -OCH3 is 1. The summed E-state index contributed by atoms with van der Waals surface area (Å²) < 4.78 is 4.32. The van der Waals surface area contributed by atoms with Crippen molar-refractivity contribution in [1.29, 1.82) is 0 Å². The molecule has 1 aromatic carbocycles. The van der Waals surface area contributed by atoms with Gasteiger partial charge in [-0.1, -0.05) is 0 Å². The molecule has 0 spiro atoms. The van der Waals surface area contributed by atoms with E-state index in [4.69, 9.17) is 0 Å². The number of hydrogen-bond donors (Lipinski definition) is 0. The molecule has 1 rings (SSSR count). The van der Waals surface area contributed by atoms with Gasteiger partial charge in [-0.3, -0.25) is 20.2 Å². The Balaban J connectivity index is 3.35. The van der Waals surface area contributed by atoms with E-state index in [1.54, 1.807) is 0 Å². The molecule has 84 valence electrons. The first-order valence-corrected chi connectivity index (χ1v) is 3.98. The summed E-state index contributed by atoms with van der Waals surface area (Å²) in [5.74, 6) is -0.869. The number of carbonyl (C=O) groups is 1. The monoisotopic (exact) mass is 226 g/mol. The van der Waals surface area contributed by atoms with Crippen molar-refractivity contribution in [2.45, 2.75) is 0 Å². The van der Waals surface area contributed by atoms with Gasteiger partial charge < -0.3 is 4.74 Å². The highest BCUT2D eigenvalue weighted by Crippen LogP contribution is 2.22. The first-order chi connectivity index (χ1) is 7.45. The number of esters is 1. The predicted octanol–water partition coefficient (Wildman–Crippen LogP) is 1.29. The Labute approximate surface area is 88.7 Å². The van der Waals surface area contributed by atoms with Crippen molar-refractivity contribution in [2.75, 3.05) is 7.11 Å². The maximum Gasteiger partial charge on any atom is 0.338 e. The van der Waals surface area contributed by atoms with Crippen molar-refractivity contribution in [3.05, 3.63) is 44.0 Å². The number of nitro groups is 2. The highest BCUT2D eigenvalue weighted by atomic mass is 16.6. The molecular formula is C8H6N2O6. The maximum atomic E-state index is 11.1. The Morgan fingerprint density at radius 3 is 1.88 bits per heavy atom. The van der Waals surface area contributed by atoms with E-state index in [2.05, 4.69) is 4.74 Å². The lowest BCUT2D eigenvalue weighted by molar-refractivity contribution is -0.394. The van der Waals surface area contributed by atoms with Crippen LogP contribution >= 0.6 is 0 Å². The van der Waals surface area contributed by atoms with Crippen LogP contribution in [0.2, 0.25) is 0 Å². The zero-order valence-corrected chi connectivity index (χ0v) is 8.08. The Kier molecular flexibility index (Phi) is 3.14. The third-order valence-electron chi connectivity index (χ3n) is 1.75. The standard InChI is InChI=1S/C8H6N2O6/c1-16-8(11)5-2-6(9(12)13)4-7(3-5)10(14)15/h2-4H,1H3. The zero-order valence-electron chi connectivity index (χ0n) is 8.08. The van der Waals surface area contributed by atoms with Crippen LogP contribution in [0.15, 0.2) is 18.2 Å². The molecule has 0 radical (unpaired) electrons. The van der Waals surface area contributed by atoms with E-state index in [0.717, 1.165) is 25.3 Å². The smallest absolute Gasteiger partial charge is 0.338 e. The summed E-state index contributed by atoms with van der Waals surface area (Å²) in [5, 5.41) is 20.9. The quantitative estimate of drug-likeness (QED) is 0.436. The van der Waals surface area contributed by atoms with Crippen molar-refractivity contribution >= 4 is 17.3 Å². The van der Waals surface area contributed by atoms with Crippen molar-refractivity contribution < 1.29 is 19.4 Å². The van der Waals surface area contributed by atoms with Gasteiger partial charge in [0.05, 0.1) is 28.6 Å². The van der Waals surface area contributed by atoms with Crippen LogP contribution in [0.1, 0.15) is 10.4 Å². The number of hydrogen-bond acceptors (Lipinski definition) is 6. The van der Waals surface area contributed by atoms with Gasteiger partial charge in [0.15, 0.2) is 0 Å². The topological polar surface area (TPSA) is 113 Å². The minimum absolute atomic E-state index is 0.233. The lowest BCUT2D eigenvalue weighted by Crippen LogP contribution is -2.03. The first-order valence-electron chi connectivity index (χ1n) is 3.98. The van der Waals surface area contributed by atoms with Gasteiger partial charge in [-0.15, -0.1) is 0 Å². The fourth-order valence-electron chi connectivity index (χ4n) is 1.04. The number of carbonyl (C=O) groups excluding carboxylic acids is 1. The maximum absolute atomic E-state index is 11.1. The van der Waals surface area contributed by atoms with E-state index in [1.807, 2.05) is 0 Å². The number of rotatable bonds is 3. The average molecular weight is 226 g/mol. The van der Waals surface area contributed by atoms with Gasteiger partial charge in [-0.25, -0.2) is 4.79 Å². The van der Waals surface area contributed by atoms with E-state index < -0.39 is 27.2 Å². The summed E-state index contributed by atoms with van der Waals surface area (Å²) in [7, 11) is 1.08. The molecule has 0 saturated heterocycles. The van der Waals surface area contributed by atoms with Crippen LogP contribution in [-0.4, -0.2) is 22.9 Å². The van der Waals surface area contributed by atoms with Crippen molar-refractivity contribution in [3.8, 4) is 0 Å². The molecule has 0 heterocycles. The fourth-order valence-corrected chi connectivity index (χ4v) is 1.04. The summed E-state index contributed by atoms with van der Waals surface area (Å²) >= 11 is 0. The third-order valence-corrected chi connectivity index (χ3v) is 1.75. The molecular weight excluding hydrogens is 220 g/mol. The summed E-state index contributed by atoms with van der Waals surface area (Å²) in [6.07, 6.45) is 0. The minimum atomic E-state index is -0.869. The highest BCUT2D eigenvalue weighted by Gasteiger charge is 2.19. The van der Waals surface area contributed by atoms with Crippen molar-refractivity contribution in [3.63, 3.8) is 0 Å². The van der Waals surface area contributed by atoms with Gasteiger partial charge in [-0.05, 0) is 0 Å². The summed E-state index contributed by atoms with van der Waals surface area (Å²) in [6, 6.07) is 2.60. The van der Waals surface area contributed by atoms with E-state index in [1.165, 1.54) is 0 Å². The fraction of sp³-hybridized carbons (Fsp3) is 0.125. The molecule has 0 aromatic heterocycles. The normalized spacial score (nSPS) is 9.56. The van der Waals surface area contributed by atoms with Gasteiger partial charge >= 0.3 is 5.97 Å². The van der Waals surface area contributed by atoms with Gasteiger partial charge in [0, 0.05) is 12.1 Å². The molecule has 0 N–H and O–H groups in total. The molecule has 0 aliphatic carbocycles. The van der Waals surface area contributed by atoms with E-state index in [9.17, 15) is 25.0 Å². The number of non-ortho nitro benzene ring substituents is 2. The van der Waals surface area contributed by atoms with E-state index in [0.29, 0.717) is 0 Å². The molecule has 0 aliphatic rings. The second-order valence-corrected chi connectivity index (χ2v) is 2.74. The van der Waals surface area contributed by atoms with E-state index >= 15 is 0 Å². The number of nitrogens with zero attached hydrogens (tertiary/aromatic N) is 2. The molecule has 0 saturated carbocycles. The van der Waals surface area contributed by atoms with Crippen LogP contribution in [0.4, 0.5) is 11.4 Å². The minimum Gasteiger partial charge on any atom is -0.465 e. The Bertz CT molecular complexity index is 437. The number of benzene rings is 1. The van der Waals surface area contributed by atoms with Crippen LogP contribution in [0.5, 0.6) is 0 Å². The Morgan fingerprint density at radius 1 is 1.12 bits per heavy atom. The van der Waals surface area contributed by atoms with Crippen LogP contribution in [0.3, 0.4) is 0 Å². The van der Waals surface area contributed by atoms with E-state index in [-0.39, 0.29) is 5.56 Å². The van der Waals surface area contributed by atoms with Gasteiger partial charge in [-0.2, -0.15) is 0 Å². The molecule has 8 nitrogen and oxygen atoms in total. The van der Waals surface area contributed by atoms with Crippen LogP contribution in [-0.2, 0) is 4.74 Å². The summed E-state index contributed by atoms with van der Waals surface area (Å²) in [6.45, 7) is 0. The van der Waals surface area contributed by atoms with Gasteiger partial charge in [0.1, 0.15) is 0 Å². The lowest BCUT2D eigenvalue weighted by Gasteiger charge is -1.99. The Hall–Kier alpha value is -2.51. The second-order valence-electron chi connectivity index (χ2n) is 2.74. The molecule has 8 heteroatoms.